The van der Waals surface area contributed by atoms with Crippen molar-refractivity contribution in [2.45, 2.75) is 4.90 Å². The van der Waals surface area contributed by atoms with E-state index in [1.165, 1.54) is 18.3 Å². The normalized spacial score (nSPS) is 11.5. The van der Waals surface area contributed by atoms with Gasteiger partial charge in [0.05, 0.1) is 10.7 Å². The van der Waals surface area contributed by atoms with Gasteiger partial charge >= 0.3 is 0 Å². The molecule has 7 nitrogen and oxygen atoms in total. The Balaban J connectivity index is 1.59. The van der Waals surface area contributed by atoms with Crippen LogP contribution in [0.5, 0.6) is 0 Å². The van der Waals surface area contributed by atoms with E-state index >= 15 is 0 Å². The largest absolute Gasteiger partial charge is 0.415 e. The van der Waals surface area contributed by atoms with Gasteiger partial charge in [-0.15, -0.1) is 10.2 Å². The third-order valence-electron chi connectivity index (χ3n) is 3.82. The Hall–Kier alpha value is -3.17. The van der Waals surface area contributed by atoms with E-state index in [0.29, 0.717) is 11.6 Å². The number of rotatable bonds is 5. The highest BCUT2D eigenvalue weighted by molar-refractivity contribution is 7.92. The molecule has 0 spiro atoms. The molecule has 0 saturated carbocycles. The molecule has 28 heavy (non-hydrogen) atoms. The van der Waals surface area contributed by atoms with Gasteiger partial charge in [0.1, 0.15) is 16.4 Å². The average Bonchev–Trinajstić information content (AvgIpc) is 3.34. The van der Waals surface area contributed by atoms with Crippen LogP contribution in [0.15, 0.2) is 70.1 Å². The zero-order valence-electron chi connectivity index (χ0n) is 14.1. The Morgan fingerprint density at radius 2 is 1.79 bits per heavy atom. The van der Waals surface area contributed by atoms with E-state index in [9.17, 15) is 12.8 Å². The molecule has 10 heteroatoms. The Morgan fingerprint density at radius 1 is 1.04 bits per heavy atom. The first-order valence-electron chi connectivity index (χ1n) is 7.98. The molecule has 0 radical (unpaired) electrons. The molecule has 0 amide bonds. The van der Waals surface area contributed by atoms with Gasteiger partial charge in [-0.2, -0.15) is 0 Å². The molecular formula is C18H12ClFN4O3S. The first-order chi connectivity index (χ1) is 13.4. The number of nitrogens with zero attached hydrogens (tertiary/aromatic N) is 2. The molecule has 0 aliphatic rings. The van der Waals surface area contributed by atoms with E-state index in [-0.39, 0.29) is 21.5 Å². The number of aromatic nitrogens is 3. The standard InChI is InChI=1S/C18H12ClFN4O3S/c19-14-8-12(20)6-7-15(14)24-28(25,26)13-9-16(21-10-13)18-23-22-17(27-18)11-4-2-1-3-5-11/h1-10,21,24H. The van der Waals surface area contributed by atoms with Crippen LogP contribution in [-0.4, -0.2) is 23.6 Å². The topological polar surface area (TPSA) is 101 Å². The second-order valence-corrected chi connectivity index (χ2v) is 7.85. The smallest absolute Gasteiger partial charge is 0.264 e. The molecule has 0 aliphatic carbocycles. The van der Waals surface area contributed by atoms with Gasteiger partial charge in [-0.25, -0.2) is 12.8 Å². The molecule has 0 bridgehead atoms. The van der Waals surface area contributed by atoms with Crippen LogP contribution in [-0.2, 0) is 10.0 Å². The number of H-pyrrole nitrogens is 1. The number of hydrogen-bond donors (Lipinski definition) is 2. The number of hydrogen-bond acceptors (Lipinski definition) is 5. The molecule has 2 aromatic heterocycles. The molecule has 142 valence electrons. The van der Waals surface area contributed by atoms with Crippen molar-refractivity contribution in [3.05, 3.63) is 71.6 Å². The maximum absolute atomic E-state index is 13.1. The van der Waals surface area contributed by atoms with Crippen molar-refractivity contribution in [1.82, 2.24) is 15.2 Å². The quantitative estimate of drug-likeness (QED) is 0.502. The van der Waals surface area contributed by atoms with Crippen LogP contribution < -0.4 is 4.72 Å². The second kappa shape index (κ2) is 7.10. The zero-order valence-corrected chi connectivity index (χ0v) is 15.6. The van der Waals surface area contributed by atoms with E-state index < -0.39 is 15.8 Å². The summed E-state index contributed by atoms with van der Waals surface area (Å²) >= 11 is 5.88. The highest BCUT2D eigenvalue weighted by atomic mass is 35.5. The van der Waals surface area contributed by atoms with Crippen LogP contribution in [0.4, 0.5) is 10.1 Å². The highest BCUT2D eigenvalue weighted by Crippen LogP contribution is 2.28. The third-order valence-corrected chi connectivity index (χ3v) is 5.48. The lowest BCUT2D eigenvalue weighted by molar-refractivity contribution is 0.582. The predicted molar refractivity (Wildman–Crippen MR) is 102 cm³/mol. The first kappa shape index (κ1) is 18.2. The summed E-state index contributed by atoms with van der Waals surface area (Å²) in [4.78, 5) is 2.73. The fourth-order valence-electron chi connectivity index (χ4n) is 2.46. The lowest BCUT2D eigenvalue weighted by atomic mass is 10.2. The summed E-state index contributed by atoms with van der Waals surface area (Å²) in [6.07, 6.45) is 1.28. The Bertz CT molecular complexity index is 1240. The molecule has 0 unspecified atom stereocenters. The van der Waals surface area contributed by atoms with Crippen molar-refractivity contribution < 1.29 is 17.2 Å². The molecule has 2 aromatic carbocycles. The van der Waals surface area contributed by atoms with E-state index in [1.807, 2.05) is 30.3 Å². The monoisotopic (exact) mass is 418 g/mol. The Labute approximate surface area is 164 Å². The third kappa shape index (κ3) is 3.62. The van der Waals surface area contributed by atoms with Gasteiger partial charge in [0.25, 0.3) is 15.9 Å². The molecule has 4 aromatic rings. The summed E-state index contributed by atoms with van der Waals surface area (Å²) in [5.74, 6) is -0.117. The lowest BCUT2D eigenvalue weighted by Gasteiger charge is -2.08. The summed E-state index contributed by atoms with van der Waals surface area (Å²) in [5.41, 5.74) is 1.14. The minimum atomic E-state index is -3.96. The summed E-state index contributed by atoms with van der Waals surface area (Å²) in [6.45, 7) is 0. The van der Waals surface area contributed by atoms with Crippen LogP contribution in [0.1, 0.15) is 0 Å². The Morgan fingerprint density at radius 3 is 2.54 bits per heavy atom. The lowest BCUT2D eigenvalue weighted by Crippen LogP contribution is -2.12. The summed E-state index contributed by atoms with van der Waals surface area (Å²) < 4.78 is 46.2. The van der Waals surface area contributed by atoms with Crippen LogP contribution >= 0.6 is 11.6 Å². The summed E-state index contributed by atoms with van der Waals surface area (Å²) in [7, 11) is -3.96. The second-order valence-electron chi connectivity index (χ2n) is 5.76. The number of anilines is 1. The van der Waals surface area contributed by atoms with E-state index in [0.717, 1.165) is 17.7 Å². The first-order valence-corrected chi connectivity index (χ1v) is 9.84. The summed E-state index contributed by atoms with van der Waals surface area (Å²) in [5, 5.41) is 7.86. The number of sulfonamides is 1. The van der Waals surface area contributed by atoms with Crippen molar-refractivity contribution in [2.24, 2.45) is 0 Å². The number of benzene rings is 2. The van der Waals surface area contributed by atoms with Crippen molar-refractivity contribution in [3.8, 4) is 23.0 Å². The number of halogens is 2. The maximum atomic E-state index is 13.1. The fourth-order valence-corrected chi connectivity index (χ4v) is 3.80. The summed E-state index contributed by atoms with van der Waals surface area (Å²) in [6, 6.07) is 13.9. The van der Waals surface area contributed by atoms with Crippen molar-refractivity contribution in [1.29, 1.82) is 0 Å². The van der Waals surface area contributed by atoms with Gasteiger partial charge in [-0.3, -0.25) is 4.72 Å². The highest BCUT2D eigenvalue weighted by Gasteiger charge is 2.20. The number of aromatic amines is 1. The van der Waals surface area contributed by atoms with Gasteiger partial charge in [-0.05, 0) is 36.4 Å². The van der Waals surface area contributed by atoms with Crippen molar-refractivity contribution in [2.75, 3.05) is 4.72 Å². The SMILES string of the molecule is O=S(=O)(Nc1ccc(F)cc1Cl)c1c[nH]c(-c2nnc(-c3ccccc3)o2)c1. The van der Waals surface area contributed by atoms with Crippen LogP contribution in [0.3, 0.4) is 0 Å². The van der Waals surface area contributed by atoms with Gasteiger partial charge in [0.2, 0.25) is 5.89 Å². The minimum absolute atomic E-state index is 0.0521. The Kier molecular flexibility index (Phi) is 4.62. The molecule has 2 N–H and O–H groups in total. The average molecular weight is 419 g/mol. The molecule has 4 rings (SSSR count). The van der Waals surface area contributed by atoms with E-state index in [1.54, 1.807) is 0 Å². The van der Waals surface area contributed by atoms with Gasteiger partial charge in [0, 0.05) is 11.8 Å². The van der Waals surface area contributed by atoms with Crippen LogP contribution in [0.25, 0.3) is 23.0 Å². The molecule has 0 atom stereocenters. The van der Waals surface area contributed by atoms with Gasteiger partial charge in [0.15, 0.2) is 0 Å². The fraction of sp³-hybridized carbons (Fsp3) is 0. The van der Waals surface area contributed by atoms with Crippen molar-refractivity contribution in [3.63, 3.8) is 0 Å². The number of nitrogens with one attached hydrogen (secondary N) is 2. The molecule has 0 fully saturated rings. The molecule has 2 heterocycles. The molecular weight excluding hydrogens is 407 g/mol. The predicted octanol–water partition coefficient (Wildman–Crippen LogP) is 4.33. The van der Waals surface area contributed by atoms with Crippen molar-refractivity contribution >= 4 is 27.3 Å². The maximum Gasteiger partial charge on any atom is 0.264 e. The zero-order chi connectivity index (χ0) is 19.7. The van der Waals surface area contributed by atoms with Crippen LogP contribution in [0.2, 0.25) is 5.02 Å². The molecule has 0 aliphatic heterocycles. The molecule has 0 saturated heterocycles. The van der Waals surface area contributed by atoms with Crippen LogP contribution in [0, 0.1) is 5.82 Å². The van der Waals surface area contributed by atoms with E-state index in [4.69, 9.17) is 16.0 Å². The van der Waals surface area contributed by atoms with Gasteiger partial charge < -0.3 is 9.40 Å². The van der Waals surface area contributed by atoms with E-state index in [2.05, 4.69) is 19.9 Å². The van der Waals surface area contributed by atoms with Gasteiger partial charge in [-0.1, -0.05) is 29.8 Å². The minimum Gasteiger partial charge on any atom is -0.415 e.